The maximum absolute atomic E-state index is 11.7. The standard InChI is InChI=1S/C9H13NO5/c1-9(2,3)15-8(13)10-6(11)4-14-5-7(10)12/h4-5H2,1-3H3/i4D2,5D2. The summed E-state index contributed by atoms with van der Waals surface area (Å²) in [5.74, 6) is -3.25. The Morgan fingerprint density at radius 1 is 1.40 bits per heavy atom. The number of hydrogen-bond acceptors (Lipinski definition) is 5. The summed E-state index contributed by atoms with van der Waals surface area (Å²) in [4.78, 5) is 34.7. The van der Waals surface area contributed by atoms with E-state index in [1.165, 1.54) is 20.8 Å². The minimum absolute atomic E-state index is 0.214. The van der Waals surface area contributed by atoms with E-state index in [4.69, 9.17) is 10.2 Å². The highest BCUT2D eigenvalue weighted by Crippen LogP contribution is 2.12. The zero-order valence-corrected chi connectivity index (χ0v) is 8.49. The zero-order valence-electron chi connectivity index (χ0n) is 12.5. The van der Waals surface area contributed by atoms with Crippen molar-refractivity contribution in [3.63, 3.8) is 0 Å². The van der Waals surface area contributed by atoms with Gasteiger partial charge in [0.1, 0.15) is 18.7 Å². The molecule has 3 amide bonds. The molecule has 0 aromatic heterocycles. The summed E-state index contributed by atoms with van der Waals surface area (Å²) in [7, 11) is 0. The summed E-state index contributed by atoms with van der Waals surface area (Å²) in [6, 6.07) is 0. The Hall–Kier alpha value is -1.43. The van der Waals surface area contributed by atoms with Crippen LogP contribution in [0.4, 0.5) is 4.79 Å². The van der Waals surface area contributed by atoms with Gasteiger partial charge in [-0.3, -0.25) is 9.59 Å². The van der Waals surface area contributed by atoms with Gasteiger partial charge in [0.15, 0.2) is 0 Å². The molecule has 0 spiro atoms. The topological polar surface area (TPSA) is 72.9 Å². The maximum atomic E-state index is 11.7. The van der Waals surface area contributed by atoms with Crippen LogP contribution in [0, 0.1) is 0 Å². The summed E-state index contributed by atoms with van der Waals surface area (Å²) < 4.78 is 37.6. The number of carbonyl (C=O) groups excluding carboxylic acids is 3. The fraction of sp³-hybridized carbons (Fsp3) is 0.667. The molecule has 1 rings (SSSR count). The Morgan fingerprint density at radius 3 is 2.27 bits per heavy atom. The minimum atomic E-state index is -3.13. The van der Waals surface area contributed by atoms with Crippen LogP contribution in [0.3, 0.4) is 0 Å². The molecule has 1 fully saturated rings. The first-order valence-corrected chi connectivity index (χ1v) is 4.10. The van der Waals surface area contributed by atoms with E-state index in [1.54, 1.807) is 0 Å². The van der Waals surface area contributed by atoms with Crippen molar-refractivity contribution < 1.29 is 29.3 Å². The Bertz CT molecular complexity index is 416. The first kappa shape index (κ1) is 6.95. The third kappa shape index (κ3) is 3.02. The van der Waals surface area contributed by atoms with Crippen molar-refractivity contribution in [2.45, 2.75) is 26.4 Å². The zero-order chi connectivity index (χ0) is 15.2. The van der Waals surface area contributed by atoms with Crippen molar-refractivity contribution in [1.29, 1.82) is 0 Å². The van der Waals surface area contributed by atoms with Crippen molar-refractivity contribution in [3.05, 3.63) is 0 Å². The summed E-state index contributed by atoms with van der Waals surface area (Å²) in [5, 5.41) is 0. The number of nitrogens with zero attached hydrogens (tertiary/aromatic N) is 1. The molecular formula is C9H13NO5. The van der Waals surface area contributed by atoms with Gasteiger partial charge in [-0.15, -0.1) is 0 Å². The van der Waals surface area contributed by atoms with E-state index in [1.807, 2.05) is 0 Å². The molecule has 1 heterocycles. The molecule has 1 aliphatic rings. The van der Waals surface area contributed by atoms with Gasteiger partial charge in [-0.05, 0) is 20.8 Å². The van der Waals surface area contributed by atoms with Gasteiger partial charge in [-0.25, -0.2) is 4.79 Å². The molecule has 0 radical (unpaired) electrons. The van der Waals surface area contributed by atoms with Crippen LogP contribution in [0.15, 0.2) is 0 Å². The van der Waals surface area contributed by atoms with Gasteiger partial charge in [0.25, 0.3) is 11.8 Å². The second kappa shape index (κ2) is 3.98. The summed E-state index contributed by atoms with van der Waals surface area (Å²) in [5.41, 5.74) is -1.03. The van der Waals surface area contributed by atoms with Crippen LogP contribution >= 0.6 is 0 Å². The molecule has 84 valence electrons. The average molecular weight is 219 g/mol. The van der Waals surface area contributed by atoms with Crippen molar-refractivity contribution >= 4 is 17.9 Å². The summed E-state index contributed by atoms with van der Waals surface area (Å²) in [6.45, 7) is -1.83. The van der Waals surface area contributed by atoms with Crippen molar-refractivity contribution in [3.8, 4) is 0 Å². The number of amides is 3. The molecular weight excluding hydrogens is 202 g/mol. The molecule has 0 bridgehead atoms. The van der Waals surface area contributed by atoms with E-state index < -0.39 is 36.6 Å². The van der Waals surface area contributed by atoms with Gasteiger partial charge >= 0.3 is 6.09 Å². The van der Waals surface area contributed by atoms with Crippen molar-refractivity contribution in [2.24, 2.45) is 0 Å². The molecule has 0 aliphatic carbocycles. The van der Waals surface area contributed by atoms with Gasteiger partial charge in [-0.1, -0.05) is 0 Å². The number of imide groups is 3. The predicted octanol–water partition coefficient (Wildman–Crippen LogP) is 0.307. The van der Waals surface area contributed by atoms with Gasteiger partial charge in [0.2, 0.25) is 0 Å². The minimum Gasteiger partial charge on any atom is -0.443 e. The first-order valence-electron chi connectivity index (χ1n) is 6.10. The fourth-order valence-electron chi connectivity index (χ4n) is 0.770. The number of ether oxygens (including phenoxy) is 2. The van der Waals surface area contributed by atoms with Gasteiger partial charge in [-0.2, -0.15) is 4.90 Å². The monoisotopic (exact) mass is 219 g/mol. The molecule has 6 heteroatoms. The largest absolute Gasteiger partial charge is 0.443 e. The molecule has 1 saturated heterocycles. The van der Waals surface area contributed by atoms with Crippen LogP contribution in [0.1, 0.15) is 26.3 Å². The smallest absolute Gasteiger partial charge is 0.424 e. The van der Waals surface area contributed by atoms with Gasteiger partial charge in [0, 0.05) is 0 Å². The highest BCUT2D eigenvalue weighted by atomic mass is 16.6. The lowest BCUT2D eigenvalue weighted by Gasteiger charge is -2.26. The molecule has 0 saturated carbocycles. The van der Waals surface area contributed by atoms with E-state index in [0.717, 1.165) is 0 Å². The van der Waals surface area contributed by atoms with E-state index in [2.05, 4.69) is 4.74 Å². The van der Waals surface area contributed by atoms with Gasteiger partial charge < -0.3 is 9.47 Å². The molecule has 0 N–H and O–H groups in total. The summed E-state index contributed by atoms with van der Waals surface area (Å²) >= 11 is 0. The second-order valence-electron chi connectivity index (χ2n) is 3.73. The number of rotatable bonds is 0. The van der Waals surface area contributed by atoms with Crippen LogP contribution < -0.4 is 0 Å². The molecule has 0 aromatic rings. The number of hydrogen-bond donors (Lipinski definition) is 0. The second-order valence-corrected chi connectivity index (χ2v) is 3.73. The molecule has 0 unspecified atom stereocenters. The Morgan fingerprint density at radius 2 is 1.87 bits per heavy atom. The highest BCUT2D eigenvalue weighted by Gasteiger charge is 2.35. The molecule has 0 atom stereocenters. The molecule has 15 heavy (non-hydrogen) atoms. The van der Waals surface area contributed by atoms with E-state index in [9.17, 15) is 14.4 Å². The van der Waals surface area contributed by atoms with Crippen molar-refractivity contribution in [2.75, 3.05) is 13.1 Å². The van der Waals surface area contributed by atoms with E-state index >= 15 is 0 Å². The van der Waals surface area contributed by atoms with Crippen LogP contribution in [0.25, 0.3) is 0 Å². The van der Waals surface area contributed by atoms with E-state index in [0.29, 0.717) is 0 Å². The Balaban J connectivity index is 3.13. The lowest BCUT2D eigenvalue weighted by Crippen LogP contribution is -2.51. The van der Waals surface area contributed by atoms with Gasteiger partial charge in [0.05, 0.1) is 5.48 Å². The lowest BCUT2D eigenvalue weighted by atomic mass is 10.2. The molecule has 1 aliphatic heterocycles. The highest BCUT2D eigenvalue weighted by molar-refractivity contribution is 6.10. The average Bonchev–Trinajstić information content (AvgIpc) is 2.11. The number of carbonyl (C=O) groups is 3. The molecule has 6 nitrogen and oxygen atoms in total. The fourth-order valence-corrected chi connectivity index (χ4v) is 0.770. The Kier molecular flexibility index (Phi) is 1.84. The SMILES string of the molecule is [2H]C1([2H])OC([2H])([2H])C(=O)N(C(=O)OC(C)(C)C)C1=O. The summed E-state index contributed by atoms with van der Waals surface area (Å²) in [6.07, 6.45) is -1.45. The maximum Gasteiger partial charge on any atom is 0.424 e. The third-order valence-electron chi connectivity index (χ3n) is 1.26. The quantitative estimate of drug-likeness (QED) is 0.548. The van der Waals surface area contributed by atoms with Crippen LogP contribution in [-0.4, -0.2) is 41.5 Å². The molecule has 0 aromatic carbocycles. The van der Waals surface area contributed by atoms with E-state index in [-0.39, 0.29) is 4.90 Å². The third-order valence-corrected chi connectivity index (χ3v) is 1.26. The normalized spacial score (nSPS) is 28.6. The van der Waals surface area contributed by atoms with Crippen LogP contribution in [0.5, 0.6) is 0 Å². The van der Waals surface area contributed by atoms with Crippen molar-refractivity contribution in [1.82, 2.24) is 4.90 Å². The first-order chi connectivity index (χ1) is 8.28. The van der Waals surface area contributed by atoms with Crippen LogP contribution in [0.2, 0.25) is 0 Å². The number of morpholine rings is 1. The Labute approximate surface area is 92.7 Å². The lowest BCUT2D eigenvalue weighted by molar-refractivity contribution is -0.156. The van der Waals surface area contributed by atoms with Crippen LogP contribution in [-0.2, 0) is 19.1 Å². The predicted molar refractivity (Wildman–Crippen MR) is 48.9 cm³/mol.